The zero-order chi connectivity index (χ0) is 11.8. The molecule has 0 aliphatic carbocycles. The average molecular weight is 230 g/mol. The van der Waals surface area contributed by atoms with Gasteiger partial charge in [0, 0.05) is 7.11 Å². The first-order valence-corrected chi connectivity index (χ1v) is 8.28. The van der Waals surface area contributed by atoms with Crippen LogP contribution in [0, 0.1) is 11.8 Å². The molecule has 0 saturated heterocycles. The number of methoxy groups -OCH3 is 1. The molecule has 0 aliphatic heterocycles. The Bertz CT molecular complexity index is 135. The van der Waals surface area contributed by atoms with E-state index in [2.05, 4.69) is 34.6 Å². The minimum atomic E-state index is -1.07. The van der Waals surface area contributed by atoms with Crippen LogP contribution in [-0.4, -0.2) is 27.9 Å². The number of ether oxygens (including phenoxy) is 1. The Balaban J connectivity index is 4.09. The molecule has 0 bridgehead atoms. The second-order valence-corrected chi connectivity index (χ2v) is 7.55. The molecule has 0 rings (SSSR count). The summed E-state index contributed by atoms with van der Waals surface area (Å²) < 4.78 is 11.4. The van der Waals surface area contributed by atoms with Gasteiger partial charge in [0.1, 0.15) is 6.29 Å². The highest BCUT2D eigenvalue weighted by molar-refractivity contribution is 6.51. The van der Waals surface area contributed by atoms with Crippen LogP contribution in [0.3, 0.4) is 0 Å². The molecule has 0 spiro atoms. The van der Waals surface area contributed by atoms with Gasteiger partial charge in [0.2, 0.25) is 0 Å². The van der Waals surface area contributed by atoms with Gasteiger partial charge in [-0.3, -0.25) is 0 Å². The highest BCUT2D eigenvalue weighted by atomic mass is 27.2. The minimum Gasteiger partial charge on any atom is -0.478 e. The van der Waals surface area contributed by atoms with Gasteiger partial charge in [-0.2, -0.15) is 0 Å². The van der Waals surface area contributed by atoms with Crippen molar-refractivity contribution in [1.82, 2.24) is 0 Å². The molecule has 0 aromatic heterocycles. The Morgan fingerprint density at radius 2 is 1.47 bits per heavy atom. The lowest BCUT2D eigenvalue weighted by atomic mass is 10.3. The van der Waals surface area contributed by atoms with Crippen LogP contribution in [0.5, 0.6) is 0 Å². The highest BCUT2D eigenvalue weighted by Crippen LogP contribution is 2.17. The van der Waals surface area contributed by atoms with E-state index in [0.29, 0.717) is 0 Å². The zero-order valence-electron chi connectivity index (χ0n) is 11.2. The summed E-state index contributed by atoms with van der Waals surface area (Å²) in [5.74, 6) is 1.49. The predicted octanol–water partition coefficient (Wildman–Crippen LogP) is 3.69. The van der Waals surface area contributed by atoms with Gasteiger partial charge < -0.3 is 8.53 Å². The molecular formula is C12H27AlO2. The predicted molar refractivity (Wildman–Crippen MR) is 67.2 cm³/mol. The molecule has 3 heteroatoms. The third-order valence-electron chi connectivity index (χ3n) is 2.41. The molecule has 0 aromatic rings. The van der Waals surface area contributed by atoms with E-state index in [1.54, 1.807) is 7.11 Å². The Morgan fingerprint density at radius 1 is 1.00 bits per heavy atom. The molecule has 0 saturated carbocycles. The summed E-state index contributed by atoms with van der Waals surface area (Å²) in [5, 5.41) is 2.52. The summed E-state index contributed by atoms with van der Waals surface area (Å²) in [6.45, 7) is 11.2. The molecule has 0 heterocycles. The normalized spacial score (nSPS) is 13.6. The van der Waals surface area contributed by atoms with Crippen LogP contribution in [-0.2, 0) is 8.53 Å². The monoisotopic (exact) mass is 230 g/mol. The molecule has 0 N–H and O–H groups in total. The molecule has 0 aromatic carbocycles. The maximum Gasteiger partial charge on any atom is 0.463 e. The smallest absolute Gasteiger partial charge is 0.463 e. The summed E-state index contributed by atoms with van der Waals surface area (Å²) >= 11 is -1.07. The van der Waals surface area contributed by atoms with E-state index in [1.807, 2.05) is 0 Å². The van der Waals surface area contributed by atoms with Crippen LogP contribution in [0.4, 0.5) is 0 Å². The van der Waals surface area contributed by atoms with Crippen molar-refractivity contribution in [3.05, 3.63) is 0 Å². The zero-order valence-corrected chi connectivity index (χ0v) is 12.4. The molecule has 0 radical (unpaired) electrons. The Hall–Kier alpha value is 0.452. The molecular weight excluding hydrogens is 203 g/mol. The number of hydrogen-bond acceptors (Lipinski definition) is 2. The molecule has 0 amide bonds. The van der Waals surface area contributed by atoms with Crippen molar-refractivity contribution in [3.63, 3.8) is 0 Å². The van der Waals surface area contributed by atoms with E-state index in [1.165, 1.54) is 10.6 Å². The SMILES string of the molecule is CCC(OC)[O][Al]([CH2]C(C)C)[CH2]C(C)C. The first-order chi connectivity index (χ1) is 6.99. The van der Waals surface area contributed by atoms with Crippen molar-refractivity contribution < 1.29 is 8.53 Å². The van der Waals surface area contributed by atoms with Crippen molar-refractivity contribution in [2.24, 2.45) is 11.8 Å². The van der Waals surface area contributed by atoms with Gasteiger partial charge in [-0.05, 0) is 6.42 Å². The van der Waals surface area contributed by atoms with Gasteiger partial charge in [-0.1, -0.05) is 57.0 Å². The topological polar surface area (TPSA) is 18.5 Å². The number of hydrogen-bond donors (Lipinski definition) is 0. The second-order valence-electron chi connectivity index (χ2n) is 5.09. The van der Waals surface area contributed by atoms with Crippen LogP contribution in [0.25, 0.3) is 0 Å². The summed E-state index contributed by atoms with van der Waals surface area (Å²) in [6, 6.07) is 0. The van der Waals surface area contributed by atoms with Gasteiger partial charge in [-0.15, -0.1) is 0 Å². The van der Waals surface area contributed by atoms with Crippen LogP contribution >= 0.6 is 0 Å². The first-order valence-electron chi connectivity index (χ1n) is 6.17. The maximum absolute atomic E-state index is 6.09. The van der Waals surface area contributed by atoms with Crippen LogP contribution in [0.15, 0.2) is 0 Å². The van der Waals surface area contributed by atoms with Gasteiger partial charge in [-0.25, -0.2) is 0 Å². The van der Waals surface area contributed by atoms with E-state index < -0.39 is 14.5 Å². The largest absolute Gasteiger partial charge is 0.478 e. The van der Waals surface area contributed by atoms with E-state index in [-0.39, 0.29) is 6.29 Å². The highest BCUT2D eigenvalue weighted by Gasteiger charge is 2.26. The molecule has 2 nitrogen and oxygen atoms in total. The van der Waals surface area contributed by atoms with Crippen molar-refractivity contribution in [3.8, 4) is 0 Å². The molecule has 1 atom stereocenters. The summed E-state index contributed by atoms with van der Waals surface area (Å²) in [4.78, 5) is 0. The molecule has 15 heavy (non-hydrogen) atoms. The fourth-order valence-corrected chi connectivity index (χ4v) is 5.04. The third-order valence-corrected chi connectivity index (χ3v) is 6.03. The third kappa shape index (κ3) is 8.28. The van der Waals surface area contributed by atoms with Crippen molar-refractivity contribution in [2.45, 2.75) is 57.9 Å². The standard InChI is InChI=1S/C4H9O2.2C4H9.Al/c1-3-4(5)6-2;2*1-4(2)3;/h4H,3H2,1-2H3;2*4H,1H2,2-3H3;/q-1;;;+1. The summed E-state index contributed by atoms with van der Waals surface area (Å²) in [6.07, 6.45) is 0.982. The molecule has 1 unspecified atom stereocenters. The van der Waals surface area contributed by atoms with Gasteiger partial charge in [0.05, 0.1) is 0 Å². The minimum absolute atomic E-state index is 0.0270. The lowest BCUT2D eigenvalue weighted by molar-refractivity contribution is -0.0587. The summed E-state index contributed by atoms with van der Waals surface area (Å²) in [7, 11) is 1.74. The van der Waals surface area contributed by atoms with E-state index in [4.69, 9.17) is 8.53 Å². The van der Waals surface area contributed by atoms with Crippen LogP contribution in [0.1, 0.15) is 41.0 Å². The average Bonchev–Trinajstić information content (AvgIpc) is 2.11. The van der Waals surface area contributed by atoms with Gasteiger partial charge >= 0.3 is 14.5 Å². The Labute approximate surface area is 100 Å². The van der Waals surface area contributed by atoms with E-state index >= 15 is 0 Å². The lowest BCUT2D eigenvalue weighted by Crippen LogP contribution is -2.29. The van der Waals surface area contributed by atoms with Gasteiger partial charge in [0.25, 0.3) is 0 Å². The first kappa shape index (κ1) is 15.5. The lowest BCUT2D eigenvalue weighted by Gasteiger charge is -2.22. The van der Waals surface area contributed by atoms with Crippen molar-refractivity contribution in [2.75, 3.05) is 7.11 Å². The molecule has 90 valence electrons. The van der Waals surface area contributed by atoms with Gasteiger partial charge in [0.15, 0.2) is 0 Å². The molecule has 0 fully saturated rings. The van der Waals surface area contributed by atoms with Crippen molar-refractivity contribution in [1.29, 1.82) is 0 Å². The maximum atomic E-state index is 6.09. The number of rotatable bonds is 8. The van der Waals surface area contributed by atoms with E-state index in [0.717, 1.165) is 18.3 Å². The fourth-order valence-electron chi connectivity index (χ4n) is 1.79. The van der Waals surface area contributed by atoms with Crippen LogP contribution in [0.2, 0.25) is 10.6 Å². The van der Waals surface area contributed by atoms with Crippen molar-refractivity contribution >= 4 is 14.5 Å². The Morgan fingerprint density at radius 3 is 1.73 bits per heavy atom. The second kappa shape index (κ2) is 8.59. The Kier molecular flexibility index (Phi) is 8.85. The van der Waals surface area contributed by atoms with Crippen LogP contribution < -0.4 is 0 Å². The summed E-state index contributed by atoms with van der Waals surface area (Å²) in [5.41, 5.74) is 0. The molecule has 0 aliphatic rings. The van der Waals surface area contributed by atoms with E-state index in [9.17, 15) is 0 Å². The quantitative estimate of drug-likeness (QED) is 0.467. The fraction of sp³-hybridized carbons (Fsp3) is 1.00.